The minimum Gasteiger partial charge on any atom is -0.497 e. The number of hydrogen-bond acceptors (Lipinski definition) is 7. The summed E-state index contributed by atoms with van der Waals surface area (Å²) in [6, 6.07) is 18.3. The summed E-state index contributed by atoms with van der Waals surface area (Å²) in [4.78, 5) is 32.5. The van der Waals surface area contributed by atoms with Crippen molar-refractivity contribution in [3.05, 3.63) is 103 Å². The second-order valence-electron chi connectivity index (χ2n) is 8.77. The lowest BCUT2D eigenvalue weighted by molar-refractivity contribution is -0.139. The first-order valence-electron chi connectivity index (χ1n) is 12.4. The van der Waals surface area contributed by atoms with Crippen LogP contribution in [-0.4, -0.2) is 30.9 Å². The highest BCUT2D eigenvalue weighted by Gasteiger charge is 2.34. The van der Waals surface area contributed by atoms with Gasteiger partial charge in [-0.25, -0.2) is 9.79 Å². The van der Waals surface area contributed by atoms with E-state index in [1.807, 2.05) is 42.5 Å². The van der Waals surface area contributed by atoms with Crippen LogP contribution >= 0.6 is 11.3 Å². The predicted molar refractivity (Wildman–Crippen MR) is 152 cm³/mol. The molecule has 0 spiro atoms. The van der Waals surface area contributed by atoms with Gasteiger partial charge < -0.3 is 14.2 Å². The molecule has 4 aromatic rings. The van der Waals surface area contributed by atoms with Gasteiger partial charge in [0.05, 0.1) is 35.6 Å². The molecule has 1 aromatic heterocycles. The molecule has 1 aliphatic rings. The van der Waals surface area contributed by atoms with Crippen LogP contribution in [0.3, 0.4) is 0 Å². The summed E-state index contributed by atoms with van der Waals surface area (Å²) in [7, 11) is 1.57. The molecule has 0 fully saturated rings. The Morgan fingerprint density at radius 3 is 2.74 bits per heavy atom. The van der Waals surface area contributed by atoms with Crippen LogP contribution in [0, 0.1) is 12.3 Å². The zero-order valence-electron chi connectivity index (χ0n) is 21.8. The smallest absolute Gasteiger partial charge is 0.338 e. The van der Waals surface area contributed by atoms with Crippen LogP contribution in [0.4, 0.5) is 0 Å². The van der Waals surface area contributed by atoms with Crippen molar-refractivity contribution >= 4 is 34.2 Å². The lowest BCUT2D eigenvalue weighted by atomic mass is 9.91. The third-order valence-electron chi connectivity index (χ3n) is 6.45. The van der Waals surface area contributed by atoms with Crippen LogP contribution in [-0.2, 0) is 9.53 Å². The number of carbonyl (C=O) groups excluding carboxylic acids is 1. The maximum Gasteiger partial charge on any atom is 0.338 e. The summed E-state index contributed by atoms with van der Waals surface area (Å²) in [5.74, 6) is 3.09. The maximum atomic E-state index is 14.1. The monoisotopic (exact) mass is 538 g/mol. The molecule has 3 aromatic carbocycles. The molecule has 1 aliphatic heterocycles. The average molecular weight is 539 g/mol. The molecule has 7 nitrogen and oxygen atoms in total. The van der Waals surface area contributed by atoms with Crippen LogP contribution in [0.2, 0.25) is 0 Å². The van der Waals surface area contributed by atoms with Crippen LogP contribution < -0.4 is 24.4 Å². The van der Waals surface area contributed by atoms with Gasteiger partial charge in [-0.1, -0.05) is 59.7 Å². The van der Waals surface area contributed by atoms with Gasteiger partial charge in [0.15, 0.2) is 4.80 Å². The summed E-state index contributed by atoms with van der Waals surface area (Å²) in [5.41, 5.74) is 2.03. The fourth-order valence-corrected chi connectivity index (χ4v) is 5.77. The number of hydrogen-bond donors (Lipinski definition) is 0. The third-order valence-corrected chi connectivity index (χ3v) is 7.43. The highest BCUT2D eigenvalue weighted by atomic mass is 32.1. The molecule has 8 heteroatoms. The Bertz CT molecular complexity index is 1840. The third kappa shape index (κ3) is 4.85. The molecule has 0 bridgehead atoms. The molecule has 0 amide bonds. The van der Waals surface area contributed by atoms with Gasteiger partial charge in [0, 0.05) is 5.56 Å². The van der Waals surface area contributed by atoms with E-state index in [9.17, 15) is 9.59 Å². The van der Waals surface area contributed by atoms with E-state index in [0.29, 0.717) is 37.7 Å². The van der Waals surface area contributed by atoms with E-state index >= 15 is 0 Å². The number of fused-ring (bicyclic) bond motifs is 2. The van der Waals surface area contributed by atoms with Crippen LogP contribution in [0.15, 0.2) is 81.7 Å². The molecule has 5 rings (SSSR count). The Kier molecular flexibility index (Phi) is 7.35. The van der Waals surface area contributed by atoms with Gasteiger partial charge in [0.2, 0.25) is 0 Å². The van der Waals surface area contributed by atoms with Crippen molar-refractivity contribution in [3.63, 3.8) is 0 Å². The lowest BCUT2D eigenvalue weighted by Crippen LogP contribution is -2.40. The SMILES string of the molecule is C#CCOc1ccc(OC)cc1/C=c1\sc2n(c1=O)[C@H](c1cccc3ccccc13)C(C(=O)OCC)=C(C)N=2. The number of benzene rings is 3. The number of nitrogens with zero attached hydrogens (tertiary/aromatic N) is 2. The van der Waals surface area contributed by atoms with Gasteiger partial charge in [-0.3, -0.25) is 9.36 Å². The summed E-state index contributed by atoms with van der Waals surface area (Å²) >= 11 is 1.24. The van der Waals surface area contributed by atoms with Crippen molar-refractivity contribution in [1.82, 2.24) is 4.57 Å². The largest absolute Gasteiger partial charge is 0.497 e. The first-order valence-corrected chi connectivity index (χ1v) is 13.2. The highest BCUT2D eigenvalue weighted by Crippen LogP contribution is 2.35. The number of methoxy groups -OCH3 is 1. The molecule has 0 radical (unpaired) electrons. The quantitative estimate of drug-likeness (QED) is 0.263. The number of rotatable bonds is 7. The second-order valence-corrected chi connectivity index (χ2v) is 9.78. The molecule has 39 heavy (non-hydrogen) atoms. The van der Waals surface area contributed by atoms with Crippen LogP contribution in [0.5, 0.6) is 11.5 Å². The fourth-order valence-electron chi connectivity index (χ4n) is 4.73. The van der Waals surface area contributed by atoms with E-state index < -0.39 is 12.0 Å². The van der Waals surface area contributed by atoms with E-state index in [-0.39, 0.29) is 18.8 Å². The Balaban J connectivity index is 1.77. The maximum absolute atomic E-state index is 14.1. The number of carbonyl (C=O) groups is 1. The van der Waals surface area contributed by atoms with Gasteiger partial charge >= 0.3 is 5.97 Å². The second kappa shape index (κ2) is 11.0. The number of esters is 1. The zero-order chi connectivity index (χ0) is 27.5. The topological polar surface area (TPSA) is 79.1 Å². The van der Waals surface area contributed by atoms with E-state index in [2.05, 4.69) is 10.9 Å². The van der Waals surface area contributed by atoms with Crippen LogP contribution in [0.25, 0.3) is 16.8 Å². The lowest BCUT2D eigenvalue weighted by Gasteiger charge is -2.25. The van der Waals surface area contributed by atoms with Gasteiger partial charge in [0.25, 0.3) is 5.56 Å². The molecule has 2 heterocycles. The predicted octanol–water partition coefficient (Wildman–Crippen LogP) is 3.97. The van der Waals surface area contributed by atoms with Crippen molar-refractivity contribution in [1.29, 1.82) is 0 Å². The van der Waals surface area contributed by atoms with Crippen molar-refractivity contribution < 1.29 is 19.0 Å². The molecular weight excluding hydrogens is 512 g/mol. The van der Waals surface area contributed by atoms with Crippen molar-refractivity contribution in [2.24, 2.45) is 4.99 Å². The summed E-state index contributed by atoms with van der Waals surface area (Å²) in [6.07, 6.45) is 7.13. The van der Waals surface area contributed by atoms with Gasteiger partial charge in [-0.2, -0.15) is 0 Å². The van der Waals surface area contributed by atoms with Crippen molar-refractivity contribution in [2.75, 3.05) is 20.3 Å². The Morgan fingerprint density at radius 2 is 1.97 bits per heavy atom. The first kappa shape index (κ1) is 26.0. The number of aromatic nitrogens is 1. The normalized spacial score (nSPS) is 14.9. The fraction of sp³-hybridized carbons (Fsp3) is 0.194. The number of terminal acetylenes is 1. The van der Waals surface area contributed by atoms with Gasteiger partial charge in [0.1, 0.15) is 18.1 Å². The van der Waals surface area contributed by atoms with Gasteiger partial charge in [-0.15, -0.1) is 6.42 Å². The zero-order valence-corrected chi connectivity index (χ0v) is 22.6. The minimum atomic E-state index is -0.712. The van der Waals surface area contributed by atoms with Crippen molar-refractivity contribution in [2.45, 2.75) is 19.9 Å². The molecule has 0 unspecified atom stereocenters. The molecule has 0 saturated heterocycles. The molecule has 196 valence electrons. The van der Waals surface area contributed by atoms with E-state index in [4.69, 9.17) is 20.6 Å². The molecule has 0 saturated carbocycles. The van der Waals surface area contributed by atoms with Crippen molar-refractivity contribution in [3.8, 4) is 23.8 Å². The number of ether oxygens (including phenoxy) is 3. The summed E-state index contributed by atoms with van der Waals surface area (Å²) in [6.45, 7) is 3.81. The number of allylic oxidation sites excluding steroid dienone is 1. The standard InChI is InChI=1S/C31H26N2O5S/c1-5-16-38-25-15-14-22(36-4)17-21(25)18-26-29(34)33-28(24-13-9-11-20-10-7-8-12-23(20)24)27(30(35)37-6-2)19(3)32-31(33)39-26/h1,7-15,17-18,28H,6,16H2,2-4H3/b26-18-/t28-/m1/s1. The minimum absolute atomic E-state index is 0.0809. The molecule has 1 atom stereocenters. The average Bonchev–Trinajstić information content (AvgIpc) is 3.25. The van der Waals surface area contributed by atoms with E-state index in [1.165, 1.54) is 11.3 Å². The molecule has 0 aliphatic carbocycles. The Morgan fingerprint density at radius 1 is 1.18 bits per heavy atom. The first-order chi connectivity index (χ1) is 19.0. The Hall–Kier alpha value is -4.61. The number of thiazole rings is 1. The molecular formula is C31H26N2O5S. The summed E-state index contributed by atoms with van der Waals surface area (Å²) in [5, 5.41) is 1.94. The van der Waals surface area contributed by atoms with E-state index in [0.717, 1.165) is 16.3 Å². The highest BCUT2D eigenvalue weighted by molar-refractivity contribution is 7.07. The van der Waals surface area contributed by atoms with E-state index in [1.54, 1.807) is 49.8 Å². The van der Waals surface area contributed by atoms with Gasteiger partial charge in [-0.05, 0) is 54.5 Å². The molecule has 0 N–H and O–H groups in total. The Labute approximate surface area is 229 Å². The summed E-state index contributed by atoms with van der Waals surface area (Å²) < 4.78 is 18.5. The van der Waals surface area contributed by atoms with Crippen LogP contribution in [0.1, 0.15) is 31.0 Å².